The average molecular weight is 326 g/mol. The maximum Gasteiger partial charge on any atom is 0.573 e. The predicted molar refractivity (Wildman–Crippen MR) is 68.8 cm³/mol. The molecule has 0 atom stereocenters. The minimum atomic E-state index is -4.68. The van der Waals surface area contributed by atoms with Gasteiger partial charge in [-0.1, -0.05) is 20.8 Å². The molecule has 0 unspecified atom stereocenters. The molecule has 0 aliphatic rings. The number of halogens is 4. The van der Waals surface area contributed by atoms with Crippen LogP contribution in [-0.2, 0) is 0 Å². The van der Waals surface area contributed by atoms with Crippen LogP contribution in [0.15, 0.2) is 22.7 Å². The highest BCUT2D eigenvalue weighted by molar-refractivity contribution is 9.10. The Hall–Kier alpha value is -0.910. The van der Waals surface area contributed by atoms with Crippen LogP contribution in [0.3, 0.4) is 0 Å². The zero-order chi connectivity index (χ0) is 14.0. The summed E-state index contributed by atoms with van der Waals surface area (Å²) in [7, 11) is 0. The molecule has 1 aromatic rings. The third-order valence-corrected chi connectivity index (χ3v) is 2.60. The molecule has 0 spiro atoms. The summed E-state index contributed by atoms with van der Waals surface area (Å²) in [5.74, 6) is -0.246. The van der Waals surface area contributed by atoms with E-state index in [2.05, 4.69) is 46.8 Å². The smallest absolute Gasteiger partial charge is 0.405 e. The van der Waals surface area contributed by atoms with Crippen LogP contribution >= 0.6 is 15.9 Å². The topological polar surface area (TPSA) is 21.3 Å². The number of hydrogen-bond acceptors (Lipinski definition) is 2. The van der Waals surface area contributed by atoms with Crippen LogP contribution in [0.1, 0.15) is 20.8 Å². The molecule has 1 rings (SSSR count). The van der Waals surface area contributed by atoms with Crippen molar-refractivity contribution in [3.63, 3.8) is 0 Å². The van der Waals surface area contributed by atoms with Crippen LogP contribution in [0.5, 0.6) is 5.75 Å². The van der Waals surface area contributed by atoms with E-state index in [9.17, 15) is 13.2 Å². The van der Waals surface area contributed by atoms with Gasteiger partial charge in [-0.2, -0.15) is 0 Å². The molecule has 6 heteroatoms. The van der Waals surface area contributed by atoms with Gasteiger partial charge in [-0.3, -0.25) is 0 Å². The Balaban J connectivity index is 2.74. The fourth-order valence-electron chi connectivity index (χ4n) is 1.19. The number of nitrogens with one attached hydrogen (secondary N) is 1. The monoisotopic (exact) mass is 325 g/mol. The second-order valence-corrected chi connectivity index (χ2v) is 5.96. The van der Waals surface area contributed by atoms with Gasteiger partial charge in [0.15, 0.2) is 0 Å². The minimum absolute atomic E-state index is 0.0909. The van der Waals surface area contributed by atoms with Gasteiger partial charge in [0.25, 0.3) is 0 Å². The highest BCUT2D eigenvalue weighted by Crippen LogP contribution is 2.32. The largest absolute Gasteiger partial charge is 0.573 e. The molecule has 102 valence electrons. The van der Waals surface area contributed by atoms with E-state index in [0.717, 1.165) is 12.2 Å². The number of ether oxygens (including phenoxy) is 1. The molecular weight excluding hydrogens is 311 g/mol. The first-order chi connectivity index (χ1) is 8.07. The van der Waals surface area contributed by atoms with Crippen molar-refractivity contribution in [1.29, 1.82) is 0 Å². The summed E-state index contributed by atoms with van der Waals surface area (Å²) in [5, 5.41) is 3.15. The number of alkyl halides is 3. The van der Waals surface area contributed by atoms with Crippen LogP contribution in [-0.4, -0.2) is 12.9 Å². The van der Waals surface area contributed by atoms with Crippen molar-refractivity contribution in [1.82, 2.24) is 0 Å². The Morgan fingerprint density at radius 3 is 2.28 bits per heavy atom. The number of rotatable bonds is 3. The summed E-state index contributed by atoms with van der Waals surface area (Å²) in [6, 6.07) is 4.40. The van der Waals surface area contributed by atoms with E-state index in [4.69, 9.17) is 0 Å². The van der Waals surface area contributed by atoms with E-state index < -0.39 is 6.36 Å². The Labute approximate surface area is 113 Å². The first kappa shape index (κ1) is 15.1. The van der Waals surface area contributed by atoms with Gasteiger partial charge < -0.3 is 10.1 Å². The summed E-state index contributed by atoms with van der Waals surface area (Å²) >= 11 is 3.06. The number of benzene rings is 1. The zero-order valence-electron chi connectivity index (χ0n) is 10.4. The molecule has 0 fully saturated rings. The summed E-state index contributed by atoms with van der Waals surface area (Å²) in [6.07, 6.45) is -4.68. The van der Waals surface area contributed by atoms with Crippen molar-refractivity contribution in [2.45, 2.75) is 27.1 Å². The summed E-state index contributed by atoms with van der Waals surface area (Å²) in [6.45, 7) is 6.92. The average Bonchev–Trinajstić information content (AvgIpc) is 2.15. The highest BCUT2D eigenvalue weighted by Gasteiger charge is 2.31. The fourth-order valence-corrected chi connectivity index (χ4v) is 1.65. The lowest BCUT2D eigenvalue weighted by atomic mass is 9.97. The molecule has 0 heterocycles. The molecule has 1 aromatic carbocycles. The molecule has 0 amide bonds. The molecule has 1 N–H and O–H groups in total. The Bertz CT molecular complexity index is 413. The zero-order valence-corrected chi connectivity index (χ0v) is 11.9. The lowest BCUT2D eigenvalue weighted by Crippen LogP contribution is -2.19. The maximum absolute atomic E-state index is 12.1. The van der Waals surface area contributed by atoms with Crippen LogP contribution in [0.2, 0.25) is 0 Å². The van der Waals surface area contributed by atoms with Crippen molar-refractivity contribution < 1.29 is 17.9 Å². The molecule has 0 bridgehead atoms. The quantitative estimate of drug-likeness (QED) is 0.861. The first-order valence-electron chi connectivity index (χ1n) is 5.36. The van der Waals surface area contributed by atoms with Crippen molar-refractivity contribution in [3.8, 4) is 5.75 Å². The van der Waals surface area contributed by atoms with Crippen LogP contribution in [0, 0.1) is 5.41 Å². The van der Waals surface area contributed by atoms with Gasteiger partial charge in [0.2, 0.25) is 0 Å². The lowest BCUT2D eigenvalue weighted by molar-refractivity contribution is -0.274. The third kappa shape index (κ3) is 5.62. The summed E-state index contributed by atoms with van der Waals surface area (Å²) < 4.78 is 40.3. The molecule has 0 aromatic heterocycles. The molecule has 0 radical (unpaired) electrons. The van der Waals surface area contributed by atoms with E-state index in [1.807, 2.05) is 0 Å². The molecule has 2 nitrogen and oxygen atoms in total. The molecule has 18 heavy (non-hydrogen) atoms. The number of anilines is 1. The number of hydrogen-bond donors (Lipinski definition) is 1. The van der Waals surface area contributed by atoms with E-state index in [-0.39, 0.29) is 15.6 Å². The Morgan fingerprint density at radius 2 is 1.83 bits per heavy atom. The van der Waals surface area contributed by atoms with Gasteiger partial charge in [0.1, 0.15) is 5.75 Å². The first-order valence-corrected chi connectivity index (χ1v) is 6.15. The lowest BCUT2D eigenvalue weighted by Gasteiger charge is -2.20. The maximum atomic E-state index is 12.1. The SMILES string of the molecule is CC(C)(C)CNc1ccc(OC(F)(F)F)c(Br)c1. The molecule has 0 aliphatic heterocycles. The van der Waals surface area contributed by atoms with E-state index in [1.54, 1.807) is 12.1 Å². The summed E-state index contributed by atoms with van der Waals surface area (Å²) in [4.78, 5) is 0. The summed E-state index contributed by atoms with van der Waals surface area (Å²) in [5.41, 5.74) is 0.833. The second-order valence-electron chi connectivity index (χ2n) is 5.11. The normalized spacial score (nSPS) is 12.4. The van der Waals surface area contributed by atoms with Crippen LogP contribution < -0.4 is 10.1 Å². The van der Waals surface area contributed by atoms with Crippen molar-refractivity contribution in [2.75, 3.05) is 11.9 Å². The van der Waals surface area contributed by atoms with Crippen molar-refractivity contribution in [2.24, 2.45) is 5.41 Å². The molecular formula is C12H15BrF3NO. The van der Waals surface area contributed by atoms with E-state index >= 15 is 0 Å². The van der Waals surface area contributed by atoms with Crippen LogP contribution in [0.4, 0.5) is 18.9 Å². The van der Waals surface area contributed by atoms with Crippen LogP contribution in [0.25, 0.3) is 0 Å². The fraction of sp³-hybridized carbons (Fsp3) is 0.500. The van der Waals surface area contributed by atoms with Gasteiger partial charge in [0, 0.05) is 12.2 Å². The molecule has 0 saturated heterocycles. The molecule has 0 aliphatic carbocycles. The predicted octanol–water partition coefficient (Wildman–Crippen LogP) is 4.81. The van der Waals surface area contributed by atoms with Gasteiger partial charge in [-0.15, -0.1) is 13.2 Å². The van der Waals surface area contributed by atoms with Crippen molar-refractivity contribution in [3.05, 3.63) is 22.7 Å². The van der Waals surface area contributed by atoms with Crippen molar-refractivity contribution >= 4 is 21.6 Å². The van der Waals surface area contributed by atoms with E-state index in [1.165, 1.54) is 6.07 Å². The Kier molecular flexibility index (Phi) is 4.53. The Morgan fingerprint density at radius 1 is 1.22 bits per heavy atom. The van der Waals surface area contributed by atoms with Gasteiger partial charge in [-0.05, 0) is 39.5 Å². The standard InChI is InChI=1S/C12H15BrF3NO/c1-11(2,3)7-17-8-4-5-10(9(13)6-8)18-12(14,15)16/h4-6,17H,7H2,1-3H3. The minimum Gasteiger partial charge on any atom is -0.405 e. The van der Waals surface area contributed by atoms with Gasteiger partial charge >= 0.3 is 6.36 Å². The highest BCUT2D eigenvalue weighted by atomic mass is 79.9. The van der Waals surface area contributed by atoms with E-state index in [0.29, 0.717) is 0 Å². The second kappa shape index (κ2) is 5.38. The third-order valence-electron chi connectivity index (χ3n) is 1.98. The molecule has 0 saturated carbocycles. The van der Waals surface area contributed by atoms with Gasteiger partial charge in [0.05, 0.1) is 4.47 Å². The van der Waals surface area contributed by atoms with Gasteiger partial charge in [-0.25, -0.2) is 0 Å².